The number of hydrogen-bond acceptors (Lipinski definition) is 4. The summed E-state index contributed by atoms with van der Waals surface area (Å²) in [7, 11) is -3.52. The van der Waals surface area contributed by atoms with Gasteiger partial charge in [-0.1, -0.05) is 13.8 Å². The number of rotatable bonds is 5. The molecule has 2 saturated heterocycles. The van der Waals surface area contributed by atoms with Gasteiger partial charge >= 0.3 is 0 Å². The van der Waals surface area contributed by atoms with Crippen LogP contribution in [0.1, 0.15) is 43.5 Å². The van der Waals surface area contributed by atoms with Crippen molar-refractivity contribution in [2.24, 2.45) is 11.3 Å². The number of hydrogen-bond donors (Lipinski definition) is 2. The minimum Gasteiger partial charge on any atom is -0.339 e. The lowest BCUT2D eigenvalue weighted by atomic mass is 9.78. The normalized spacial score (nSPS) is 19.3. The van der Waals surface area contributed by atoms with Gasteiger partial charge in [0.15, 0.2) is 0 Å². The monoisotopic (exact) mass is 415 g/mol. The second kappa shape index (κ2) is 8.90. The van der Waals surface area contributed by atoms with Gasteiger partial charge < -0.3 is 10.2 Å². The first-order valence-electron chi connectivity index (χ1n) is 9.41. The van der Waals surface area contributed by atoms with E-state index >= 15 is 0 Å². The van der Waals surface area contributed by atoms with E-state index in [-0.39, 0.29) is 29.1 Å². The summed E-state index contributed by atoms with van der Waals surface area (Å²) in [6.45, 7) is 7.99. The molecule has 2 aliphatic heterocycles. The van der Waals surface area contributed by atoms with Gasteiger partial charge in [0.1, 0.15) is 0 Å². The van der Waals surface area contributed by atoms with Crippen LogP contribution in [0.15, 0.2) is 29.2 Å². The van der Waals surface area contributed by atoms with Crippen LogP contribution in [0.25, 0.3) is 0 Å². The molecular formula is C19H30ClN3O3S. The lowest BCUT2D eigenvalue weighted by molar-refractivity contribution is 0.0607. The maximum Gasteiger partial charge on any atom is 0.253 e. The number of piperidine rings is 1. The van der Waals surface area contributed by atoms with Crippen LogP contribution in [0, 0.1) is 11.3 Å². The maximum absolute atomic E-state index is 12.7. The average Bonchev–Trinajstić information content (AvgIpc) is 3.08. The molecule has 8 heteroatoms. The fourth-order valence-electron chi connectivity index (χ4n) is 3.73. The highest BCUT2D eigenvalue weighted by molar-refractivity contribution is 7.89. The predicted octanol–water partition coefficient (Wildman–Crippen LogP) is 2.26. The number of sulfonamides is 1. The molecule has 152 valence electrons. The summed E-state index contributed by atoms with van der Waals surface area (Å²) in [5.41, 5.74) is 0.921. The second-order valence-corrected chi connectivity index (χ2v) is 9.76. The number of carbonyl (C=O) groups excluding carboxylic acids is 1. The van der Waals surface area contributed by atoms with Gasteiger partial charge in [-0.25, -0.2) is 13.1 Å². The van der Waals surface area contributed by atoms with E-state index in [9.17, 15) is 13.2 Å². The zero-order chi connectivity index (χ0) is 18.8. The summed E-state index contributed by atoms with van der Waals surface area (Å²) < 4.78 is 27.1. The van der Waals surface area contributed by atoms with Crippen LogP contribution < -0.4 is 10.0 Å². The molecule has 2 fully saturated rings. The second-order valence-electron chi connectivity index (χ2n) is 7.99. The van der Waals surface area contributed by atoms with Crippen molar-refractivity contribution in [2.45, 2.75) is 38.0 Å². The fourth-order valence-corrected chi connectivity index (χ4v) is 4.94. The van der Waals surface area contributed by atoms with Crippen molar-refractivity contribution in [1.29, 1.82) is 0 Å². The van der Waals surface area contributed by atoms with Crippen LogP contribution in [0.3, 0.4) is 0 Å². The molecule has 2 heterocycles. The first-order valence-corrected chi connectivity index (χ1v) is 10.9. The van der Waals surface area contributed by atoms with E-state index in [0.29, 0.717) is 17.5 Å². The molecule has 0 aliphatic carbocycles. The first-order chi connectivity index (χ1) is 12.3. The van der Waals surface area contributed by atoms with E-state index in [1.54, 1.807) is 12.1 Å². The number of halogens is 1. The van der Waals surface area contributed by atoms with Crippen LogP contribution in [0.4, 0.5) is 0 Å². The maximum atomic E-state index is 12.7. The Morgan fingerprint density at radius 2 is 1.81 bits per heavy atom. The van der Waals surface area contributed by atoms with E-state index in [0.717, 1.165) is 39.0 Å². The van der Waals surface area contributed by atoms with E-state index in [4.69, 9.17) is 0 Å². The molecule has 0 radical (unpaired) electrons. The first kappa shape index (κ1) is 22.1. The van der Waals surface area contributed by atoms with Crippen molar-refractivity contribution < 1.29 is 13.2 Å². The summed E-state index contributed by atoms with van der Waals surface area (Å²) in [5, 5.41) is 3.43. The third-order valence-corrected chi connectivity index (χ3v) is 6.98. The summed E-state index contributed by atoms with van der Waals surface area (Å²) in [5.74, 6) is 0.230. The third-order valence-electron chi connectivity index (χ3n) is 5.54. The van der Waals surface area contributed by atoms with Gasteiger partial charge in [0, 0.05) is 31.7 Å². The molecule has 0 aromatic heterocycles. The van der Waals surface area contributed by atoms with Gasteiger partial charge in [0.25, 0.3) is 5.91 Å². The van der Waals surface area contributed by atoms with Crippen molar-refractivity contribution >= 4 is 28.3 Å². The van der Waals surface area contributed by atoms with Gasteiger partial charge in [-0.05, 0) is 61.4 Å². The fraction of sp³-hybridized carbons (Fsp3) is 0.632. The number of nitrogens with zero attached hydrogens (tertiary/aromatic N) is 1. The van der Waals surface area contributed by atoms with Crippen molar-refractivity contribution in [3.8, 4) is 0 Å². The molecule has 3 rings (SSSR count). The summed E-state index contributed by atoms with van der Waals surface area (Å²) in [6.07, 6.45) is 3.28. The number of amides is 1. The number of nitrogens with one attached hydrogen (secondary N) is 2. The van der Waals surface area contributed by atoms with Gasteiger partial charge in [0.05, 0.1) is 4.90 Å². The standard InChI is InChI=1S/C19H29N3O3S.ClH/c1-15(2)13-21-26(24,25)17-5-3-16(4-6-17)18(23)22-11-8-19(9-12-22)7-10-20-14-19;/h3-6,15,20-21H,7-14H2,1-2H3;1H. The summed E-state index contributed by atoms with van der Waals surface area (Å²) in [6, 6.07) is 6.27. The Labute approximate surface area is 168 Å². The molecule has 1 aromatic carbocycles. The largest absolute Gasteiger partial charge is 0.339 e. The topological polar surface area (TPSA) is 78.5 Å². The van der Waals surface area contributed by atoms with E-state index in [1.807, 2.05) is 18.7 Å². The number of likely N-dealkylation sites (tertiary alicyclic amines) is 1. The van der Waals surface area contributed by atoms with Gasteiger partial charge in [0.2, 0.25) is 10.0 Å². The number of benzene rings is 1. The molecule has 6 nitrogen and oxygen atoms in total. The zero-order valence-electron chi connectivity index (χ0n) is 16.0. The predicted molar refractivity (Wildman–Crippen MR) is 109 cm³/mol. The van der Waals surface area contributed by atoms with Crippen LogP contribution in [0.5, 0.6) is 0 Å². The summed E-state index contributed by atoms with van der Waals surface area (Å²) >= 11 is 0. The van der Waals surface area contributed by atoms with Crippen LogP contribution in [0.2, 0.25) is 0 Å². The van der Waals surface area contributed by atoms with Gasteiger partial charge in [-0.3, -0.25) is 4.79 Å². The van der Waals surface area contributed by atoms with Gasteiger partial charge in [-0.15, -0.1) is 12.4 Å². The van der Waals surface area contributed by atoms with Crippen molar-refractivity contribution in [1.82, 2.24) is 14.9 Å². The molecule has 0 unspecified atom stereocenters. The molecule has 1 amide bonds. The molecule has 27 heavy (non-hydrogen) atoms. The Morgan fingerprint density at radius 1 is 1.19 bits per heavy atom. The molecule has 1 aromatic rings. The average molecular weight is 416 g/mol. The molecule has 0 bridgehead atoms. The zero-order valence-corrected chi connectivity index (χ0v) is 17.7. The van der Waals surface area contributed by atoms with E-state index < -0.39 is 10.0 Å². The Morgan fingerprint density at radius 3 is 2.33 bits per heavy atom. The molecule has 0 saturated carbocycles. The quantitative estimate of drug-likeness (QED) is 0.773. The molecule has 0 atom stereocenters. The Balaban J connectivity index is 0.00000261. The van der Waals surface area contributed by atoms with E-state index in [1.165, 1.54) is 18.6 Å². The van der Waals surface area contributed by atoms with Gasteiger partial charge in [-0.2, -0.15) is 0 Å². The molecule has 1 spiro atoms. The van der Waals surface area contributed by atoms with Crippen molar-refractivity contribution in [2.75, 3.05) is 32.7 Å². The van der Waals surface area contributed by atoms with E-state index in [2.05, 4.69) is 10.0 Å². The van der Waals surface area contributed by atoms with Crippen molar-refractivity contribution in [3.05, 3.63) is 29.8 Å². The minimum atomic E-state index is -3.52. The Hall–Kier alpha value is -1.15. The highest BCUT2D eigenvalue weighted by Gasteiger charge is 2.38. The third kappa shape index (κ3) is 5.22. The lowest BCUT2D eigenvalue weighted by Gasteiger charge is -2.38. The van der Waals surface area contributed by atoms with Crippen molar-refractivity contribution in [3.63, 3.8) is 0 Å². The van der Waals surface area contributed by atoms with Crippen LogP contribution >= 0.6 is 12.4 Å². The highest BCUT2D eigenvalue weighted by atomic mass is 35.5. The Bertz CT molecular complexity index is 734. The molecule has 2 N–H and O–H groups in total. The van der Waals surface area contributed by atoms with Crippen LogP contribution in [-0.2, 0) is 10.0 Å². The summed E-state index contributed by atoms with van der Waals surface area (Å²) in [4.78, 5) is 14.8. The van der Waals surface area contributed by atoms with Crippen LogP contribution in [-0.4, -0.2) is 51.9 Å². The highest BCUT2D eigenvalue weighted by Crippen LogP contribution is 2.37. The minimum absolute atomic E-state index is 0. The lowest BCUT2D eigenvalue weighted by Crippen LogP contribution is -2.44. The SMILES string of the molecule is CC(C)CNS(=O)(=O)c1ccc(C(=O)N2CCC3(CCNC3)CC2)cc1.Cl. The molecule has 2 aliphatic rings. The smallest absolute Gasteiger partial charge is 0.253 e. The Kier molecular flexibility index (Phi) is 7.30. The number of carbonyl (C=O) groups is 1. The molecular weight excluding hydrogens is 386 g/mol.